The molecule has 18 heavy (non-hydrogen) atoms. The van der Waals surface area contributed by atoms with Gasteiger partial charge >= 0.3 is 0 Å². The molecule has 0 spiro atoms. The highest BCUT2D eigenvalue weighted by Crippen LogP contribution is 2.13. The Labute approximate surface area is 102 Å². The van der Waals surface area contributed by atoms with Crippen molar-refractivity contribution in [2.75, 3.05) is 0 Å². The Hall–Kier alpha value is -1.82. The van der Waals surface area contributed by atoms with E-state index in [0.717, 1.165) is 17.7 Å². The third-order valence-corrected chi connectivity index (χ3v) is 2.46. The van der Waals surface area contributed by atoms with Crippen LogP contribution in [0.4, 0.5) is 13.2 Å². The zero-order chi connectivity index (χ0) is 13.1. The molecule has 0 fully saturated rings. The molecule has 0 aliphatic rings. The highest BCUT2D eigenvalue weighted by atomic mass is 19.2. The van der Waals surface area contributed by atoms with Crippen molar-refractivity contribution in [3.8, 4) is 0 Å². The summed E-state index contributed by atoms with van der Waals surface area (Å²) in [5.74, 6) is -3.78. The highest BCUT2D eigenvalue weighted by Gasteiger charge is 2.10. The smallest absolute Gasteiger partial charge is 0.194 e. The predicted molar refractivity (Wildman–Crippen MR) is 60.1 cm³/mol. The number of benzene rings is 1. The molecular weight excluding hydrogens is 243 g/mol. The molecule has 1 aromatic carbocycles. The second-order valence-electron chi connectivity index (χ2n) is 4.00. The van der Waals surface area contributed by atoms with E-state index in [0.29, 0.717) is 12.1 Å². The monoisotopic (exact) mass is 255 g/mol. The van der Waals surface area contributed by atoms with E-state index >= 15 is 0 Å². The van der Waals surface area contributed by atoms with E-state index in [1.807, 2.05) is 6.20 Å². The fraction of sp³-hybridized carbons (Fsp3) is 0.250. The summed E-state index contributed by atoms with van der Waals surface area (Å²) in [6.45, 7) is 0.775. The summed E-state index contributed by atoms with van der Waals surface area (Å²) >= 11 is 0. The molecule has 6 heteroatoms. The van der Waals surface area contributed by atoms with Crippen LogP contribution in [0.15, 0.2) is 24.5 Å². The first-order chi connectivity index (χ1) is 8.56. The molecular formula is C12H12F3N3. The van der Waals surface area contributed by atoms with Crippen molar-refractivity contribution in [2.24, 2.45) is 7.05 Å². The summed E-state index contributed by atoms with van der Waals surface area (Å²) in [6.07, 6.45) is 3.53. The van der Waals surface area contributed by atoms with Crippen molar-refractivity contribution < 1.29 is 13.2 Å². The Kier molecular flexibility index (Phi) is 3.66. The molecule has 0 aliphatic heterocycles. The molecule has 0 aliphatic carbocycles. The topological polar surface area (TPSA) is 29.9 Å². The molecule has 1 N–H and O–H groups in total. The maximum Gasteiger partial charge on any atom is 0.194 e. The van der Waals surface area contributed by atoms with Gasteiger partial charge in [0.25, 0.3) is 0 Å². The summed E-state index contributed by atoms with van der Waals surface area (Å²) in [5.41, 5.74) is 1.32. The van der Waals surface area contributed by atoms with Gasteiger partial charge in [-0.3, -0.25) is 4.68 Å². The van der Waals surface area contributed by atoms with Crippen LogP contribution in [-0.2, 0) is 20.1 Å². The average Bonchev–Trinajstić information content (AvgIpc) is 2.72. The summed E-state index contributed by atoms with van der Waals surface area (Å²) in [5, 5.41) is 6.99. The minimum atomic E-state index is -1.44. The second-order valence-corrected chi connectivity index (χ2v) is 4.00. The lowest BCUT2D eigenvalue weighted by Gasteiger charge is -2.04. The van der Waals surface area contributed by atoms with Crippen molar-refractivity contribution in [1.29, 1.82) is 0 Å². The van der Waals surface area contributed by atoms with Crippen LogP contribution >= 0.6 is 0 Å². The number of aryl methyl sites for hydroxylation is 1. The Morgan fingerprint density at radius 1 is 1.11 bits per heavy atom. The number of hydrogen-bond donors (Lipinski definition) is 1. The van der Waals surface area contributed by atoms with E-state index in [1.54, 1.807) is 17.9 Å². The lowest BCUT2D eigenvalue weighted by molar-refractivity contribution is 0.444. The van der Waals surface area contributed by atoms with Gasteiger partial charge in [0.15, 0.2) is 17.5 Å². The molecule has 2 aromatic rings. The standard InChI is InChI=1S/C12H12F3N3/c1-18-7-9(6-17-18)5-16-4-8-2-10(13)12(15)11(14)3-8/h2-3,6-7,16H,4-5H2,1H3. The minimum absolute atomic E-state index is 0.253. The lowest BCUT2D eigenvalue weighted by atomic mass is 10.2. The fourth-order valence-electron chi connectivity index (χ4n) is 1.62. The van der Waals surface area contributed by atoms with Crippen LogP contribution in [0.2, 0.25) is 0 Å². The number of nitrogens with one attached hydrogen (secondary N) is 1. The second kappa shape index (κ2) is 5.22. The van der Waals surface area contributed by atoms with Crippen molar-refractivity contribution >= 4 is 0 Å². The molecule has 0 bridgehead atoms. The minimum Gasteiger partial charge on any atom is -0.308 e. The van der Waals surface area contributed by atoms with Gasteiger partial charge in [-0.05, 0) is 17.7 Å². The molecule has 96 valence electrons. The van der Waals surface area contributed by atoms with Gasteiger partial charge in [-0.1, -0.05) is 0 Å². The van der Waals surface area contributed by atoms with Crippen LogP contribution in [0.25, 0.3) is 0 Å². The van der Waals surface area contributed by atoms with Gasteiger partial charge in [-0.25, -0.2) is 13.2 Å². The third-order valence-electron chi connectivity index (χ3n) is 2.46. The number of hydrogen-bond acceptors (Lipinski definition) is 2. The Bertz CT molecular complexity index is 528. The van der Waals surface area contributed by atoms with Crippen molar-refractivity contribution in [3.05, 3.63) is 53.1 Å². The molecule has 1 aromatic heterocycles. The molecule has 2 rings (SSSR count). The van der Waals surface area contributed by atoms with Gasteiger partial charge in [0, 0.05) is 31.9 Å². The summed E-state index contributed by atoms with van der Waals surface area (Å²) < 4.78 is 40.3. The first kappa shape index (κ1) is 12.6. The predicted octanol–water partition coefficient (Wildman–Crippen LogP) is 2.13. The molecule has 0 unspecified atom stereocenters. The van der Waals surface area contributed by atoms with E-state index in [1.165, 1.54) is 0 Å². The van der Waals surface area contributed by atoms with Gasteiger partial charge in [0.2, 0.25) is 0 Å². The highest BCUT2D eigenvalue weighted by molar-refractivity contribution is 5.19. The molecule has 0 radical (unpaired) electrons. The van der Waals surface area contributed by atoms with Gasteiger partial charge in [0.1, 0.15) is 0 Å². The van der Waals surface area contributed by atoms with Crippen LogP contribution in [0.5, 0.6) is 0 Å². The first-order valence-corrected chi connectivity index (χ1v) is 5.38. The van der Waals surface area contributed by atoms with E-state index in [9.17, 15) is 13.2 Å². The van der Waals surface area contributed by atoms with Crippen molar-refractivity contribution in [3.63, 3.8) is 0 Å². The molecule has 3 nitrogen and oxygen atoms in total. The third kappa shape index (κ3) is 2.89. The maximum atomic E-state index is 12.9. The molecule has 0 saturated carbocycles. The Morgan fingerprint density at radius 3 is 2.28 bits per heavy atom. The maximum absolute atomic E-state index is 12.9. The SMILES string of the molecule is Cn1cc(CNCc2cc(F)c(F)c(F)c2)cn1. The number of aromatic nitrogens is 2. The Morgan fingerprint density at radius 2 is 1.72 bits per heavy atom. The summed E-state index contributed by atoms with van der Waals surface area (Å²) in [6, 6.07) is 1.96. The van der Waals surface area contributed by atoms with Crippen molar-refractivity contribution in [2.45, 2.75) is 13.1 Å². The van der Waals surface area contributed by atoms with Crippen LogP contribution in [-0.4, -0.2) is 9.78 Å². The van der Waals surface area contributed by atoms with Gasteiger partial charge < -0.3 is 5.32 Å². The van der Waals surface area contributed by atoms with Crippen molar-refractivity contribution in [1.82, 2.24) is 15.1 Å². The molecule has 1 heterocycles. The largest absolute Gasteiger partial charge is 0.308 e. The van der Waals surface area contributed by atoms with Gasteiger partial charge in [-0.15, -0.1) is 0 Å². The van der Waals surface area contributed by atoms with Gasteiger partial charge in [-0.2, -0.15) is 5.10 Å². The number of rotatable bonds is 4. The number of halogens is 3. The van der Waals surface area contributed by atoms with Crippen LogP contribution in [0.1, 0.15) is 11.1 Å². The normalized spacial score (nSPS) is 10.9. The molecule has 0 atom stereocenters. The number of nitrogens with zero attached hydrogens (tertiary/aromatic N) is 2. The average molecular weight is 255 g/mol. The zero-order valence-electron chi connectivity index (χ0n) is 9.75. The van der Waals surface area contributed by atoms with Crippen LogP contribution < -0.4 is 5.32 Å². The van der Waals surface area contributed by atoms with E-state index < -0.39 is 17.5 Å². The van der Waals surface area contributed by atoms with Gasteiger partial charge in [0.05, 0.1) is 6.20 Å². The van der Waals surface area contributed by atoms with E-state index in [-0.39, 0.29) is 6.54 Å². The fourth-order valence-corrected chi connectivity index (χ4v) is 1.62. The lowest BCUT2D eigenvalue weighted by Crippen LogP contribution is -2.13. The van der Waals surface area contributed by atoms with Crippen LogP contribution in [0, 0.1) is 17.5 Å². The van der Waals surface area contributed by atoms with Crippen LogP contribution in [0.3, 0.4) is 0 Å². The first-order valence-electron chi connectivity index (χ1n) is 5.38. The summed E-state index contributed by atoms with van der Waals surface area (Å²) in [7, 11) is 1.80. The Balaban J connectivity index is 1.94. The zero-order valence-corrected chi connectivity index (χ0v) is 9.75. The molecule has 0 amide bonds. The molecule has 0 saturated heterocycles. The van der Waals surface area contributed by atoms with E-state index in [4.69, 9.17) is 0 Å². The summed E-state index contributed by atoms with van der Waals surface area (Å²) in [4.78, 5) is 0. The van der Waals surface area contributed by atoms with E-state index in [2.05, 4.69) is 10.4 Å². The quantitative estimate of drug-likeness (QED) is 0.848.